The number of ether oxygens (including phenoxy) is 1. The first-order valence-corrected chi connectivity index (χ1v) is 6.79. The summed E-state index contributed by atoms with van der Waals surface area (Å²) in [5, 5.41) is 49.6. The molecule has 0 unspecified atom stereocenters. The summed E-state index contributed by atoms with van der Waals surface area (Å²) in [5.74, 6) is 0. The van der Waals surface area contributed by atoms with Gasteiger partial charge in [0.25, 0.3) is 0 Å². The molecule has 3 rings (SSSR count). The molecule has 4 N–H and O–H groups in total. The second kappa shape index (κ2) is 6.04. The van der Waals surface area contributed by atoms with Gasteiger partial charge in [-0.1, -0.05) is 0 Å². The van der Waals surface area contributed by atoms with Crippen molar-refractivity contribution in [3.8, 4) is 0 Å². The van der Waals surface area contributed by atoms with E-state index in [2.05, 4.69) is 20.3 Å². The Morgan fingerprint density at radius 3 is 2.57 bits per heavy atom. The molecular formula is C12H14N4O7. The molecule has 1 aliphatic heterocycles. The minimum atomic E-state index is -1.18. The quantitative estimate of drug-likeness (QED) is 0.396. The van der Waals surface area contributed by atoms with Crippen LogP contribution in [0.4, 0.5) is 11.4 Å². The van der Waals surface area contributed by atoms with E-state index in [0.29, 0.717) is 5.69 Å². The van der Waals surface area contributed by atoms with E-state index in [-0.39, 0.29) is 23.3 Å². The predicted octanol–water partition coefficient (Wildman–Crippen LogP) is -0.976. The number of fused-ring (bicyclic) bond motifs is 1. The van der Waals surface area contributed by atoms with E-state index in [1.54, 1.807) is 0 Å². The summed E-state index contributed by atoms with van der Waals surface area (Å²) in [7, 11) is 0. The van der Waals surface area contributed by atoms with Crippen molar-refractivity contribution in [2.45, 2.75) is 24.4 Å². The number of nitro benzene ring substituents is 1. The van der Waals surface area contributed by atoms with Crippen LogP contribution in [-0.2, 0) is 4.74 Å². The van der Waals surface area contributed by atoms with Gasteiger partial charge in [0, 0.05) is 12.6 Å². The summed E-state index contributed by atoms with van der Waals surface area (Å²) >= 11 is 0. The summed E-state index contributed by atoms with van der Waals surface area (Å²) in [6.07, 6.45) is -3.96. The van der Waals surface area contributed by atoms with Gasteiger partial charge in [-0.25, -0.2) is 4.63 Å². The van der Waals surface area contributed by atoms with Crippen LogP contribution in [0.3, 0.4) is 0 Å². The molecule has 0 spiro atoms. The number of nitrogens with zero attached hydrogens (tertiary/aromatic N) is 3. The zero-order valence-corrected chi connectivity index (χ0v) is 11.7. The lowest BCUT2D eigenvalue weighted by atomic mass is 10.1. The van der Waals surface area contributed by atoms with Crippen LogP contribution in [0.5, 0.6) is 0 Å². The van der Waals surface area contributed by atoms with E-state index in [1.165, 1.54) is 12.1 Å². The molecule has 0 radical (unpaired) electrons. The maximum absolute atomic E-state index is 10.9. The molecule has 124 valence electrons. The Kier molecular flexibility index (Phi) is 4.09. The third-order valence-corrected chi connectivity index (χ3v) is 3.73. The monoisotopic (exact) mass is 326 g/mol. The largest absolute Gasteiger partial charge is 0.394 e. The van der Waals surface area contributed by atoms with Gasteiger partial charge in [-0.05, 0) is 16.4 Å². The summed E-state index contributed by atoms with van der Waals surface area (Å²) < 4.78 is 9.87. The highest BCUT2D eigenvalue weighted by Crippen LogP contribution is 2.29. The van der Waals surface area contributed by atoms with Crippen LogP contribution in [0.1, 0.15) is 0 Å². The van der Waals surface area contributed by atoms with Crippen LogP contribution in [0, 0.1) is 10.1 Å². The average molecular weight is 326 g/mol. The standard InChI is InChI=1S/C12H14N4O7/c17-4-8-12(19)11(18)7(22-8)3-13-5-1-2-6(16(20)21)10-9(5)14-23-15-10/h1-2,7-8,11-13,17-19H,3-4H2/t7-,8-,11-,12-/m1/s1. The highest BCUT2D eigenvalue weighted by atomic mass is 16.6. The third kappa shape index (κ3) is 2.70. The molecule has 1 aromatic heterocycles. The minimum absolute atomic E-state index is 0.00107. The lowest BCUT2D eigenvalue weighted by molar-refractivity contribution is -0.383. The van der Waals surface area contributed by atoms with Gasteiger partial charge in [-0.2, -0.15) is 0 Å². The minimum Gasteiger partial charge on any atom is -0.394 e. The van der Waals surface area contributed by atoms with Gasteiger partial charge in [-0.3, -0.25) is 10.1 Å². The molecule has 0 aliphatic carbocycles. The van der Waals surface area contributed by atoms with Crippen molar-refractivity contribution in [2.24, 2.45) is 0 Å². The fraction of sp³-hybridized carbons (Fsp3) is 0.500. The Balaban J connectivity index is 1.77. The van der Waals surface area contributed by atoms with Crippen LogP contribution in [-0.4, -0.2) is 68.1 Å². The highest BCUT2D eigenvalue weighted by molar-refractivity contribution is 5.93. The van der Waals surface area contributed by atoms with Gasteiger partial charge >= 0.3 is 5.69 Å². The van der Waals surface area contributed by atoms with Crippen molar-refractivity contribution in [1.82, 2.24) is 10.3 Å². The molecule has 1 saturated heterocycles. The first kappa shape index (κ1) is 15.6. The fourth-order valence-corrected chi connectivity index (χ4v) is 2.50. The Morgan fingerprint density at radius 2 is 1.91 bits per heavy atom. The number of anilines is 1. The molecule has 2 heterocycles. The van der Waals surface area contributed by atoms with E-state index in [0.717, 1.165) is 0 Å². The molecule has 4 atom stereocenters. The van der Waals surface area contributed by atoms with Crippen LogP contribution >= 0.6 is 0 Å². The maximum Gasteiger partial charge on any atom is 0.300 e. The van der Waals surface area contributed by atoms with Gasteiger partial charge in [-0.15, -0.1) is 0 Å². The summed E-state index contributed by atoms with van der Waals surface area (Å²) in [4.78, 5) is 10.3. The molecule has 0 saturated carbocycles. The lowest BCUT2D eigenvalue weighted by Crippen LogP contribution is -2.36. The Labute approximate surface area is 128 Å². The molecule has 0 bridgehead atoms. The second-order valence-electron chi connectivity index (χ2n) is 5.11. The van der Waals surface area contributed by atoms with Crippen molar-refractivity contribution in [3.05, 3.63) is 22.2 Å². The first-order chi connectivity index (χ1) is 11.0. The van der Waals surface area contributed by atoms with E-state index in [9.17, 15) is 20.3 Å². The number of non-ortho nitro benzene ring substituents is 1. The number of hydrogen-bond donors (Lipinski definition) is 4. The first-order valence-electron chi connectivity index (χ1n) is 6.79. The van der Waals surface area contributed by atoms with Crippen LogP contribution in [0.2, 0.25) is 0 Å². The third-order valence-electron chi connectivity index (χ3n) is 3.73. The van der Waals surface area contributed by atoms with Gasteiger partial charge < -0.3 is 25.4 Å². The van der Waals surface area contributed by atoms with Crippen molar-refractivity contribution in [2.75, 3.05) is 18.5 Å². The van der Waals surface area contributed by atoms with E-state index < -0.39 is 35.9 Å². The maximum atomic E-state index is 10.9. The topological polar surface area (TPSA) is 164 Å². The Morgan fingerprint density at radius 1 is 1.22 bits per heavy atom. The Bertz CT molecular complexity index is 720. The van der Waals surface area contributed by atoms with Crippen LogP contribution in [0.15, 0.2) is 16.8 Å². The molecule has 0 amide bonds. The van der Waals surface area contributed by atoms with Gasteiger partial charge in [0.1, 0.15) is 24.4 Å². The molecule has 11 heteroatoms. The van der Waals surface area contributed by atoms with Crippen LogP contribution < -0.4 is 5.32 Å². The number of aromatic nitrogens is 2. The molecule has 2 aromatic rings. The van der Waals surface area contributed by atoms with Gasteiger partial charge in [0.2, 0.25) is 5.52 Å². The summed E-state index contributed by atoms with van der Waals surface area (Å²) in [5.41, 5.74) is 0.344. The zero-order chi connectivity index (χ0) is 16.6. The molecule has 23 heavy (non-hydrogen) atoms. The van der Waals surface area contributed by atoms with Gasteiger partial charge in [0.05, 0.1) is 17.2 Å². The molecule has 1 fully saturated rings. The number of nitrogens with one attached hydrogen (secondary N) is 1. The van der Waals surface area contributed by atoms with E-state index in [4.69, 9.17) is 9.84 Å². The fourth-order valence-electron chi connectivity index (χ4n) is 2.50. The predicted molar refractivity (Wildman–Crippen MR) is 74.7 cm³/mol. The average Bonchev–Trinajstić information content (AvgIpc) is 3.12. The molecule has 1 aromatic carbocycles. The molecule has 11 nitrogen and oxygen atoms in total. The number of aliphatic hydroxyl groups excluding tert-OH is 3. The molecule has 1 aliphatic rings. The van der Waals surface area contributed by atoms with Crippen molar-refractivity contribution < 1.29 is 29.6 Å². The number of aliphatic hydroxyl groups is 3. The zero-order valence-electron chi connectivity index (χ0n) is 11.7. The van der Waals surface area contributed by atoms with Crippen molar-refractivity contribution in [1.29, 1.82) is 0 Å². The van der Waals surface area contributed by atoms with Gasteiger partial charge in [0.15, 0.2) is 5.52 Å². The summed E-state index contributed by atoms with van der Waals surface area (Å²) in [6, 6.07) is 2.69. The highest BCUT2D eigenvalue weighted by Gasteiger charge is 2.42. The van der Waals surface area contributed by atoms with E-state index >= 15 is 0 Å². The number of benzene rings is 1. The summed E-state index contributed by atoms with van der Waals surface area (Å²) in [6.45, 7) is -0.321. The van der Waals surface area contributed by atoms with Crippen LogP contribution in [0.25, 0.3) is 11.0 Å². The SMILES string of the molecule is O=[N+]([O-])c1ccc(NC[C@H]2O[C@H](CO)[C@@H](O)[C@@H]2O)c2nonc12. The molecular weight excluding hydrogens is 312 g/mol. The Hall–Kier alpha value is -2.34. The normalized spacial score (nSPS) is 27.4. The second-order valence-corrected chi connectivity index (χ2v) is 5.11. The number of nitro groups is 1. The van der Waals surface area contributed by atoms with Crippen molar-refractivity contribution in [3.63, 3.8) is 0 Å². The number of rotatable bonds is 5. The van der Waals surface area contributed by atoms with E-state index in [1.807, 2.05) is 0 Å². The van der Waals surface area contributed by atoms with Crippen molar-refractivity contribution >= 4 is 22.4 Å². The lowest BCUT2D eigenvalue weighted by Gasteiger charge is -2.16. The smallest absolute Gasteiger partial charge is 0.300 e. The number of hydrogen-bond acceptors (Lipinski definition) is 10.